The van der Waals surface area contributed by atoms with Crippen molar-refractivity contribution in [1.82, 2.24) is 10.2 Å². The Labute approximate surface area is 150 Å². The van der Waals surface area contributed by atoms with Crippen LogP contribution in [0.3, 0.4) is 0 Å². The lowest BCUT2D eigenvalue weighted by molar-refractivity contribution is 0.197. The molecule has 2 aromatic carbocycles. The molecule has 0 aliphatic rings. The van der Waals surface area contributed by atoms with E-state index in [1.165, 1.54) is 5.56 Å². The lowest BCUT2D eigenvalue weighted by atomic mass is 10.1. The molecule has 0 saturated heterocycles. The molecule has 3 nitrogen and oxygen atoms in total. The minimum atomic E-state index is -0.0733. The van der Waals surface area contributed by atoms with Gasteiger partial charge in [-0.1, -0.05) is 57.4 Å². The Balaban J connectivity index is 1.98. The number of carbonyl (C=O) groups excluding carboxylic acids is 1. The van der Waals surface area contributed by atoms with E-state index in [-0.39, 0.29) is 6.03 Å². The molecule has 0 saturated carbocycles. The molecule has 0 aromatic heterocycles. The normalized spacial score (nSPS) is 10.4. The summed E-state index contributed by atoms with van der Waals surface area (Å²) in [5.41, 5.74) is 3.31. The van der Waals surface area contributed by atoms with Crippen LogP contribution in [0.5, 0.6) is 0 Å². The maximum absolute atomic E-state index is 12.4. The minimum absolute atomic E-state index is 0.0733. The Morgan fingerprint density at radius 3 is 2.57 bits per heavy atom. The molecule has 0 aliphatic heterocycles. The van der Waals surface area contributed by atoms with Crippen LogP contribution in [-0.2, 0) is 13.1 Å². The second-order valence-corrected chi connectivity index (χ2v) is 6.68. The monoisotopic (exact) mass is 394 g/mol. The van der Waals surface area contributed by atoms with E-state index in [0.29, 0.717) is 24.7 Å². The van der Waals surface area contributed by atoms with Crippen LogP contribution < -0.4 is 5.32 Å². The predicted molar refractivity (Wildman–Crippen MR) is 98.7 cm³/mol. The summed E-state index contributed by atoms with van der Waals surface area (Å²) in [5, 5.41) is 3.65. The largest absolute Gasteiger partial charge is 0.334 e. The fourth-order valence-electron chi connectivity index (χ4n) is 2.25. The lowest BCUT2D eigenvalue weighted by Gasteiger charge is -2.22. The first kappa shape index (κ1) is 17.8. The summed E-state index contributed by atoms with van der Waals surface area (Å²) in [6.45, 7) is 5.73. The Hall–Kier alpha value is -1.52. The molecular formula is C18H20BrClN2O. The van der Waals surface area contributed by atoms with Crippen molar-refractivity contribution in [2.75, 3.05) is 6.54 Å². The number of rotatable bonds is 5. The van der Waals surface area contributed by atoms with Crippen LogP contribution in [0.1, 0.15) is 23.6 Å². The van der Waals surface area contributed by atoms with Gasteiger partial charge in [-0.05, 0) is 43.2 Å². The quantitative estimate of drug-likeness (QED) is 0.746. The summed E-state index contributed by atoms with van der Waals surface area (Å²) in [6.07, 6.45) is 0. The van der Waals surface area contributed by atoms with E-state index in [0.717, 1.165) is 15.6 Å². The highest BCUT2D eigenvalue weighted by molar-refractivity contribution is 9.10. The lowest BCUT2D eigenvalue weighted by Crippen LogP contribution is -2.39. The number of nitrogens with one attached hydrogen (secondary N) is 1. The Morgan fingerprint density at radius 2 is 1.91 bits per heavy atom. The van der Waals surface area contributed by atoms with Gasteiger partial charge in [-0.2, -0.15) is 0 Å². The summed E-state index contributed by atoms with van der Waals surface area (Å²) in [4.78, 5) is 14.2. The fraction of sp³-hybridized carbons (Fsp3) is 0.278. The molecule has 2 aromatic rings. The molecule has 0 fully saturated rings. The van der Waals surface area contributed by atoms with Gasteiger partial charge in [0.2, 0.25) is 0 Å². The van der Waals surface area contributed by atoms with Gasteiger partial charge in [0, 0.05) is 29.1 Å². The van der Waals surface area contributed by atoms with Gasteiger partial charge in [0.15, 0.2) is 0 Å². The summed E-state index contributed by atoms with van der Waals surface area (Å²) in [5.74, 6) is 0. The van der Waals surface area contributed by atoms with Crippen LogP contribution in [0.4, 0.5) is 4.79 Å². The zero-order valence-corrected chi connectivity index (χ0v) is 15.6. The van der Waals surface area contributed by atoms with E-state index >= 15 is 0 Å². The molecule has 0 radical (unpaired) electrons. The third-order valence-electron chi connectivity index (χ3n) is 3.59. The molecule has 5 heteroatoms. The van der Waals surface area contributed by atoms with E-state index in [1.54, 1.807) is 4.90 Å². The average molecular weight is 396 g/mol. The molecule has 1 N–H and O–H groups in total. The highest BCUT2D eigenvalue weighted by Crippen LogP contribution is 2.20. The van der Waals surface area contributed by atoms with Crippen LogP contribution in [0, 0.1) is 6.92 Å². The van der Waals surface area contributed by atoms with Crippen molar-refractivity contribution in [3.05, 3.63) is 68.7 Å². The first-order chi connectivity index (χ1) is 11.0. The highest BCUT2D eigenvalue weighted by atomic mass is 79.9. The maximum atomic E-state index is 12.4. The molecular weight excluding hydrogens is 376 g/mol. The maximum Gasteiger partial charge on any atom is 0.317 e. The highest BCUT2D eigenvalue weighted by Gasteiger charge is 2.13. The second kappa shape index (κ2) is 8.37. The minimum Gasteiger partial charge on any atom is -0.334 e. The van der Waals surface area contributed by atoms with Crippen LogP contribution in [0.25, 0.3) is 0 Å². The number of aryl methyl sites for hydroxylation is 1. The molecule has 2 amide bonds. The van der Waals surface area contributed by atoms with Crippen molar-refractivity contribution in [2.45, 2.75) is 26.9 Å². The third-order valence-corrected chi connectivity index (χ3v) is 4.61. The number of amides is 2. The molecule has 0 atom stereocenters. The molecule has 23 heavy (non-hydrogen) atoms. The van der Waals surface area contributed by atoms with E-state index in [2.05, 4.69) is 27.3 Å². The van der Waals surface area contributed by atoms with Gasteiger partial charge in [0.25, 0.3) is 0 Å². The van der Waals surface area contributed by atoms with Gasteiger partial charge in [0.05, 0.1) is 0 Å². The average Bonchev–Trinajstić information content (AvgIpc) is 2.54. The second-order valence-electron chi connectivity index (χ2n) is 5.39. The summed E-state index contributed by atoms with van der Waals surface area (Å²) < 4.78 is 1.02. The summed E-state index contributed by atoms with van der Waals surface area (Å²) in [6, 6.07) is 13.6. The van der Waals surface area contributed by atoms with Gasteiger partial charge < -0.3 is 10.2 Å². The number of carbonyl (C=O) groups is 1. The van der Waals surface area contributed by atoms with E-state index in [9.17, 15) is 4.79 Å². The Bertz CT molecular complexity index is 673. The summed E-state index contributed by atoms with van der Waals surface area (Å²) >= 11 is 9.41. The molecule has 122 valence electrons. The number of urea groups is 1. The number of nitrogens with zero attached hydrogens (tertiary/aromatic N) is 1. The molecule has 0 aliphatic carbocycles. The Morgan fingerprint density at radius 1 is 1.22 bits per heavy atom. The standard InChI is InChI=1S/C18H20BrClN2O/c1-3-22(12-15-10-13(2)4-9-17(15)19)18(23)21-11-14-5-7-16(20)8-6-14/h4-10H,3,11-12H2,1-2H3,(H,21,23). The summed E-state index contributed by atoms with van der Waals surface area (Å²) in [7, 11) is 0. The van der Waals surface area contributed by atoms with E-state index in [4.69, 9.17) is 11.6 Å². The first-order valence-corrected chi connectivity index (χ1v) is 8.69. The van der Waals surface area contributed by atoms with Gasteiger partial charge in [-0.3, -0.25) is 0 Å². The molecule has 2 rings (SSSR count). The van der Waals surface area contributed by atoms with Crippen molar-refractivity contribution in [3.63, 3.8) is 0 Å². The van der Waals surface area contributed by atoms with Gasteiger partial charge in [-0.25, -0.2) is 4.79 Å². The van der Waals surface area contributed by atoms with Crippen LogP contribution >= 0.6 is 27.5 Å². The molecule has 0 spiro atoms. The number of halogens is 2. The molecule has 0 heterocycles. The fourth-order valence-corrected chi connectivity index (χ4v) is 2.75. The van der Waals surface area contributed by atoms with Crippen molar-refractivity contribution < 1.29 is 4.79 Å². The van der Waals surface area contributed by atoms with Crippen LogP contribution in [0.2, 0.25) is 5.02 Å². The Kier molecular flexibility index (Phi) is 6.48. The molecule has 0 unspecified atom stereocenters. The van der Waals surface area contributed by atoms with Crippen LogP contribution in [-0.4, -0.2) is 17.5 Å². The number of hydrogen-bond acceptors (Lipinski definition) is 1. The van der Waals surface area contributed by atoms with Crippen molar-refractivity contribution >= 4 is 33.6 Å². The molecule has 0 bridgehead atoms. The van der Waals surface area contributed by atoms with Gasteiger partial charge >= 0.3 is 6.03 Å². The van der Waals surface area contributed by atoms with Crippen molar-refractivity contribution in [3.8, 4) is 0 Å². The number of hydrogen-bond donors (Lipinski definition) is 1. The first-order valence-electron chi connectivity index (χ1n) is 7.52. The van der Waals surface area contributed by atoms with Crippen LogP contribution in [0.15, 0.2) is 46.9 Å². The predicted octanol–water partition coefficient (Wildman–Crippen LogP) is 5.14. The van der Waals surface area contributed by atoms with E-state index < -0.39 is 0 Å². The zero-order valence-electron chi connectivity index (χ0n) is 13.3. The van der Waals surface area contributed by atoms with Gasteiger partial charge in [0.1, 0.15) is 0 Å². The smallest absolute Gasteiger partial charge is 0.317 e. The number of benzene rings is 2. The third kappa shape index (κ3) is 5.26. The SMILES string of the molecule is CCN(Cc1cc(C)ccc1Br)C(=O)NCc1ccc(Cl)cc1. The van der Waals surface area contributed by atoms with E-state index in [1.807, 2.05) is 50.2 Å². The van der Waals surface area contributed by atoms with Gasteiger partial charge in [-0.15, -0.1) is 0 Å². The zero-order chi connectivity index (χ0) is 16.8. The van der Waals surface area contributed by atoms with Crippen molar-refractivity contribution in [1.29, 1.82) is 0 Å². The van der Waals surface area contributed by atoms with Crippen molar-refractivity contribution in [2.24, 2.45) is 0 Å². The topological polar surface area (TPSA) is 32.3 Å².